The van der Waals surface area contributed by atoms with Gasteiger partial charge in [-0.05, 0) is 83.1 Å². The lowest BCUT2D eigenvalue weighted by molar-refractivity contribution is -0.384. The summed E-state index contributed by atoms with van der Waals surface area (Å²) >= 11 is 3.35. The topological polar surface area (TPSA) is 111 Å². The summed E-state index contributed by atoms with van der Waals surface area (Å²) in [6.45, 7) is 2.14. The molecule has 1 aliphatic heterocycles. The highest BCUT2D eigenvalue weighted by atomic mass is 127. The number of nitro groups is 1. The smallest absolute Gasteiger partial charge is 0.344 e. The lowest BCUT2D eigenvalue weighted by atomic mass is 10.1. The minimum absolute atomic E-state index is 0.0286. The van der Waals surface area contributed by atoms with Gasteiger partial charge in [0, 0.05) is 12.1 Å². The van der Waals surface area contributed by atoms with Crippen LogP contribution in [0.3, 0.4) is 0 Å². The van der Waals surface area contributed by atoms with Gasteiger partial charge in [0.1, 0.15) is 28.7 Å². The van der Waals surface area contributed by atoms with Crippen LogP contribution in [0.25, 0.3) is 6.08 Å². The molecule has 0 saturated carbocycles. The molecule has 1 heterocycles. The number of aliphatic hydroxyl groups is 1. The predicted molar refractivity (Wildman–Crippen MR) is 152 cm³/mol. The minimum atomic E-state index is -0.629. The number of nitrogens with zero attached hydrogens (tertiary/aromatic N) is 2. The molecule has 0 unspecified atom stereocenters. The van der Waals surface area contributed by atoms with Gasteiger partial charge in [-0.2, -0.15) is 0 Å². The van der Waals surface area contributed by atoms with Crippen molar-refractivity contribution in [2.45, 2.75) is 13.5 Å². The van der Waals surface area contributed by atoms with Gasteiger partial charge in [-0.3, -0.25) is 10.1 Å². The van der Waals surface area contributed by atoms with Crippen LogP contribution >= 0.6 is 34.4 Å². The Kier molecular flexibility index (Phi) is 8.62. The van der Waals surface area contributed by atoms with E-state index in [0.29, 0.717) is 21.4 Å². The van der Waals surface area contributed by atoms with Crippen LogP contribution in [0.15, 0.2) is 94.0 Å². The second kappa shape index (κ2) is 12.1. The van der Waals surface area contributed by atoms with Gasteiger partial charge in [0.05, 0.1) is 25.7 Å². The number of benzene rings is 3. The fraction of sp³-hybridized carbons (Fsp3) is 0.111. The zero-order chi connectivity index (χ0) is 26.4. The highest BCUT2D eigenvalue weighted by molar-refractivity contribution is 14.1. The van der Waals surface area contributed by atoms with Crippen LogP contribution in [0.2, 0.25) is 0 Å². The Labute approximate surface area is 231 Å². The Hall–Kier alpha value is -3.64. The number of carbonyl (C=O) groups is 1. The molecule has 0 aliphatic carbocycles. The average Bonchev–Trinajstić information content (AvgIpc) is 3.18. The number of halogens is 1. The van der Waals surface area contributed by atoms with Gasteiger partial charge < -0.3 is 14.6 Å². The van der Waals surface area contributed by atoms with E-state index < -0.39 is 10.9 Å². The normalized spacial score (nSPS) is 15.3. The summed E-state index contributed by atoms with van der Waals surface area (Å²) in [7, 11) is 0. The van der Waals surface area contributed by atoms with E-state index in [9.17, 15) is 20.0 Å². The molecular formula is C27H21IN2O6S. The van der Waals surface area contributed by atoms with Gasteiger partial charge in [-0.15, -0.1) is 0 Å². The summed E-state index contributed by atoms with van der Waals surface area (Å²) in [4.78, 5) is 28.0. The number of non-ortho nitro benzene ring substituents is 1. The third-order valence-corrected chi connectivity index (χ3v) is 7.02. The first-order valence-corrected chi connectivity index (χ1v) is 13.0. The first-order valence-electron chi connectivity index (χ1n) is 11.2. The van der Waals surface area contributed by atoms with Crippen LogP contribution in [0, 0.1) is 13.7 Å². The molecule has 8 nitrogen and oxygen atoms in total. The third-order valence-electron chi connectivity index (χ3n) is 5.15. The highest BCUT2D eigenvalue weighted by Gasteiger charge is 2.33. The molecule has 0 aromatic heterocycles. The van der Waals surface area contributed by atoms with Crippen molar-refractivity contribution in [1.29, 1.82) is 0 Å². The molecule has 1 aliphatic rings. The van der Waals surface area contributed by atoms with E-state index in [1.807, 2.05) is 48.5 Å². The summed E-state index contributed by atoms with van der Waals surface area (Å²) < 4.78 is 11.9. The number of thioether (sulfide) groups is 1. The van der Waals surface area contributed by atoms with Crippen molar-refractivity contribution >= 4 is 62.8 Å². The van der Waals surface area contributed by atoms with Crippen molar-refractivity contribution in [2.75, 3.05) is 6.61 Å². The lowest BCUT2D eigenvalue weighted by Crippen LogP contribution is -2.12. The van der Waals surface area contributed by atoms with E-state index in [1.165, 1.54) is 23.9 Å². The molecule has 3 aromatic carbocycles. The third kappa shape index (κ3) is 6.57. The highest BCUT2D eigenvalue weighted by Crippen LogP contribution is 2.40. The molecule has 0 spiro atoms. The maximum Gasteiger partial charge on any atom is 0.344 e. The molecule has 0 atom stereocenters. The number of hydrogen-bond donors (Lipinski definition) is 1. The second-order valence-electron chi connectivity index (χ2n) is 7.71. The van der Waals surface area contributed by atoms with Gasteiger partial charge in [-0.25, -0.2) is 9.79 Å². The van der Waals surface area contributed by atoms with Crippen LogP contribution in [0.5, 0.6) is 5.75 Å². The van der Waals surface area contributed by atoms with Crippen molar-refractivity contribution in [1.82, 2.24) is 0 Å². The summed E-state index contributed by atoms with van der Waals surface area (Å²) in [5, 5.41) is 22.1. The van der Waals surface area contributed by atoms with Crippen LogP contribution in [-0.4, -0.2) is 27.6 Å². The number of aliphatic imine (C=N–C) groups is 1. The molecule has 4 rings (SSSR count). The average molecular weight is 628 g/mol. The lowest BCUT2D eigenvalue weighted by Gasteiger charge is -2.09. The Morgan fingerprint density at radius 3 is 2.51 bits per heavy atom. The van der Waals surface area contributed by atoms with Crippen LogP contribution in [-0.2, 0) is 16.1 Å². The van der Waals surface area contributed by atoms with Crippen molar-refractivity contribution in [3.63, 3.8) is 0 Å². The van der Waals surface area contributed by atoms with E-state index in [4.69, 9.17) is 9.47 Å². The van der Waals surface area contributed by atoms with Crippen molar-refractivity contribution < 1.29 is 24.3 Å². The molecular weight excluding hydrogens is 607 g/mol. The van der Waals surface area contributed by atoms with Crippen molar-refractivity contribution in [2.24, 2.45) is 4.99 Å². The number of nitro benzene ring substituents is 1. The number of rotatable bonds is 8. The van der Waals surface area contributed by atoms with E-state index in [-0.39, 0.29) is 30.2 Å². The van der Waals surface area contributed by atoms with Crippen molar-refractivity contribution in [3.8, 4) is 5.75 Å². The Morgan fingerprint density at radius 1 is 1.14 bits per heavy atom. The van der Waals surface area contributed by atoms with Crippen LogP contribution < -0.4 is 4.74 Å². The second-order valence-corrected chi connectivity index (χ2v) is 9.90. The van der Waals surface area contributed by atoms with E-state index in [2.05, 4.69) is 27.6 Å². The standard InChI is InChI=1S/C27H21IN2O6S/c1-2-35-27(32)24-25(31)23(37-26(24)29-19-6-4-3-5-7-19)15-18-10-13-22(21(28)14-18)36-16-17-8-11-20(12-9-17)30(33)34/h3-15,31H,2,16H2,1H3/b23-15-,29-26?. The van der Waals surface area contributed by atoms with Gasteiger partial charge >= 0.3 is 5.97 Å². The summed E-state index contributed by atoms with van der Waals surface area (Å²) in [5.41, 5.74) is 2.33. The Bertz CT molecular complexity index is 1420. The minimum Gasteiger partial charge on any atom is -0.506 e. The quantitative estimate of drug-likeness (QED) is 0.124. The fourth-order valence-corrected chi connectivity index (χ4v) is 5.09. The van der Waals surface area contributed by atoms with Crippen LogP contribution in [0.4, 0.5) is 11.4 Å². The molecule has 188 valence electrons. The first-order chi connectivity index (χ1) is 17.9. The molecule has 37 heavy (non-hydrogen) atoms. The number of aliphatic hydroxyl groups excluding tert-OH is 1. The largest absolute Gasteiger partial charge is 0.506 e. The summed E-state index contributed by atoms with van der Waals surface area (Å²) in [6.07, 6.45) is 1.77. The molecule has 0 fully saturated rings. The van der Waals surface area contributed by atoms with Gasteiger partial charge in [0.2, 0.25) is 0 Å². The molecule has 1 N–H and O–H groups in total. The van der Waals surface area contributed by atoms with Crippen molar-refractivity contribution in [3.05, 3.63) is 114 Å². The Balaban J connectivity index is 1.55. The van der Waals surface area contributed by atoms with Gasteiger partial charge in [0.15, 0.2) is 0 Å². The van der Waals surface area contributed by atoms with E-state index in [0.717, 1.165) is 14.7 Å². The zero-order valence-corrected chi connectivity index (χ0v) is 22.6. The predicted octanol–water partition coefficient (Wildman–Crippen LogP) is 6.97. The molecule has 0 bridgehead atoms. The first kappa shape index (κ1) is 26.4. The maximum atomic E-state index is 12.6. The zero-order valence-electron chi connectivity index (χ0n) is 19.6. The SMILES string of the molecule is CCOC(=O)C1=C(O)/C(=C/c2ccc(OCc3ccc([N+](=O)[O-])cc3)c(I)c2)SC1=Nc1ccccc1. The molecule has 3 aromatic rings. The van der Waals surface area contributed by atoms with E-state index >= 15 is 0 Å². The van der Waals surface area contributed by atoms with Gasteiger partial charge in [0.25, 0.3) is 5.69 Å². The van der Waals surface area contributed by atoms with Gasteiger partial charge in [-0.1, -0.05) is 36.0 Å². The maximum absolute atomic E-state index is 12.6. The molecule has 10 heteroatoms. The Morgan fingerprint density at radius 2 is 1.86 bits per heavy atom. The summed E-state index contributed by atoms with van der Waals surface area (Å²) in [6, 6.07) is 20.9. The molecule has 0 radical (unpaired) electrons. The van der Waals surface area contributed by atoms with Crippen LogP contribution in [0.1, 0.15) is 18.1 Å². The number of carbonyl (C=O) groups excluding carboxylic acids is 1. The fourth-order valence-electron chi connectivity index (χ4n) is 3.36. The monoisotopic (exact) mass is 628 g/mol. The summed E-state index contributed by atoms with van der Waals surface area (Å²) in [5.74, 6) is -0.153. The number of para-hydroxylation sites is 1. The number of esters is 1. The molecule has 0 amide bonds. The molecule has 0 saturated heterocycles. The van der Waals surface area contributed by atoms with E-state index in [1.54, 1.807) is 25.1 Å². The number of ether oxygens (including phenoxy) is 2. The number of hydrogen-bond acceptors (Lipinski definition) is 8.